The van der Waals surface area contributed by atoms with Crippen LogP contribution in [0.1, 0.15) is 38.5 Å². The van der Waals surface area contributed by atoms with Crippen LogP contribution in [0.4, 0.5) is 0 Å². The molecule has 4 heteroatoms. The molecule has 1 aliphatic carbocycles. The molecule has 1 saturated carbocycles. The zero-order valence-corrected chi connectivity index (χ0v) is 11.7. The van der Waals surface area contributed by atoms with Crippen LogP contribution in [-0.4, -0.2) is 35.5 Å². The van der Waals surface area contributed by atoms with Crippen molar-refractivity contribution >= 4 is 17.5 Å². The van der Waals surface area contributed by atoms with Gasteiger partial charge < -0.3 is 10.5 Å². The summed E-state index contributed by atoms with van der Waals surface area (Å²) >= 11 is 1.97. The Morgan fingerprint density at radius 1 is 1.28 bits per heavy atom. The molecular weight excluding hydrogens is 246 g/mol. The van der Waals surface area contributed by atoms with Crippen molar-refractivity contribution in [2.45, 2.75) is 50.2 Å². The van der Waals surface area contributed by atoms with Crippen molar-refractivity contribution in [3.63, 3.8) is 0 Å². The van der Waals surface area contributed by atoms with Crippen molar-refractivity contribution in [3.05, 3.63) is 0 Å². The van der Waals surface area contributed by atoms with Gasteiger partial charge in [0.05, 0.1) is 5.60 Å². The predicted octanol–water partition coefficient (Wildman–Crippen LogP) is 1.99. The van der Waals surface area contributed by atoms with Crippen molar-refractivity contribution < 1.29 is 9.53 Å². The van der Waals surface area contributed by atoms with Gasteiger partial charge in [-0.3, -0.25) is 4.79 Å². The number of carbonyl (C=O) groups is 1. The van der Waals surface area contributed by atoms with Crippen LogP contribution in [0.5, 0.6) is 0 Å². The summed E-state index contributed by atoms with van der Waals surface area (Å²) < 4.78 is 5.99. The summed E-state index contributed by atoms with van der Waals surface area (Å²) in [5.74, 6) is 3.25. The molecule has 0 aromatic heterocycles. The standard InChI is InChI=1S/C14H23NO2S/c15-12-2-1-10(7-12)13(16)11-3-5-17-14(8-11)4-6-18-9-14/h10-12H,1-9,15H2. The monoisotopic (exact) mass is 269 g/mol. The maximum absolute atomic E-state index is 12.6. The number of nitrogens with two attached hydrogens (primary N) is 1. The molecule has 0 aromatic carbocycles. The highest BCUT2D eigenvalue weighted by atomic mass is 32.2. The second-order valence-electron chi connectivity index (χ2n) is 6.20. The molecular formula is C14H23NO2S. The van der Waals surface area contributed by atoms with Crippen LogP contribution >= 0.6 is 11.8 Å². The third kappa shape index (κ3) is 2.47. The Hall–Kier alpha value is -0.0600. The second kappa shape index (κ2) is 5.14. The van der Waals surface area contributed by atoms with Gasteiger partial charge in [0.25, 0.3) is 0 Å². The molecule has 2 N–H and O–H groups in total. The van der Waals surface area contributed by atoms with E-state index in [4.69, 9.17) is 10.5 Å². The molecule has 102 valence electrons. The van der Waals surface area contributed by atoms with Crippen LogP contribution in [0.3, 0.4) is 0 Å². The topological polar surface area (TPSA) is 52.3 Å². The molecule has 3 nitrogen and oxygen atoms in total. The van der Waals surface area contributed by atoms with Gasteiger partial charge in [0, 0.05) is 30.2 Å². The third-order valence-corrected chi connectivity index (χ3v) is 6.06. The van der Waals surface area contributed by atoms with Crippen LogP contribution in [-0.2, 0) is 9.53 Å². The van der Waals surface area contributed by atoms with Crippen molar-refractivity contribution in [2.24, 2.45) is 17.6 Å². The van der Waals surface area contributed by atoms with Crippen molar-refractivity contribution in [3.8, 4) is 0 Å². The Balaban J connectivity index is 1.63. The van der Waals surface area contributed by atoms with E-state index < -0.39 is 0 Å². The van der Waals surface area contributed by atoms with Gasteiger partial charge >= 0.3 is 0 Å². The first kappa shape index (κ1) is 12.9. The third-order valence-electron chi connectivity index (χ3n) is 4.84. The molecule has 1 spiro atoms. The largest absolute Gasteiger partial charge is 0.374 e. The van der Waals surface area contributed by atoms with E-state index in [2.05, 4.69) is 0 Å². The van der Waals surface area contributed by atoms with Crippen LogP contribution in [0, 0.1) is 11.8 Å². The number of thioether (sulfide) groups is 1. The second-order valence-corrected chi connectivity index (χ2v) is 7.30. The van der Waals surface area contributed by atoms with Gasteiger partial charge in [-0.2, -0.15) is 11.8 Å². The maximum atomic E-state index is 12.6. The lowest BCUT2D eigenvalue weighted by Crippen LogP contribution is -2.43. The van der Waals surface area contributed by atoms with E-state index in [-0.39, 0.29) is 23.5 Å². The van der Waals surface area contributed by atoms with E-state index in [0.29, 0.717) is 5.78 Å². The molecule has 2 heterocycles. The minimum atomic E-state index is 0.0317. The Kier molecular flexibility index (Phi) is 3.70. The van der Waals surface area contributed by atoms with Crippen LogP contribution < -0.4 is 5.73 Å². The molecule has 3 aliphatic rings. The number of rotatable bonds is 2. The molecule has 18 heavy (non-hydrogen) atoms. The molecule has 0 aromatic rings. The summed E-state index contributed by atoms with van der Waals surface area (Å²) in [5.41, 5.74) is 5.96. The fourth-order valence-corrected chi connectivity index (χ4v) is 5.12. The summed E-state index contributed by atoms with van der Waals surface area (Å²) in [7, 11) is 0. The Bertz CT molecular complexity index is 328. The zero-order valence-electron chi connectivity index (χ0n) is 10.9. The summed E-state index contributed by atoms with van der Waals surface area (Å²) in [6, 6.07) is 0.259. The Labute approximate surface area is 113 Å². The first-order chi connectivity index (χ1) is 8.69. The SMILES string of the molecule is NC1CCC(C(=O)C2CCOC3(CCSC3)C2)C1. The highest BCUT2D eigenvalue weighted by Gasteiger charge is 2.44. The lowest BCUT2D eigenvalue weighted by atomic mass is 9.79. The van der Waals surface area contributed by atoms with Gasteiger partial charge in [-0.15, -0.1) is 0 Å². The first-order valence-electron chi connectivity index (χ1n) is 7.20. The molecule has 2 saturated heterocycles. The molecule has 4 unspecified atom stereocenters. The summed E-state index contributed by atoms with van der Waals surface area (Å²) in [6.07, 6.45) is 5.98. The summed E-state index contributed by atoms with van der Waals surface area (Å²) in [6.45, 7) is 0.774. The predicted molar refractivity (Wildman–Crippen MR) is 73.7 cm³/mol. The Morgan fingerprint density at radius 2 is 2.17 bits per heavy atom. The van der Waals surface area contributed by atoms with Crippen molar-refractivity contribution in [1.29, 1.82) is 0 Å². The number of hydrogen-bond donors (Lipinski definition) is 1. The lowest BCUT2D eigenvalue weighted by molar-refractivity contribution is -0.137. The zero-order chi connectivity index (χ0) is 12.6. The quantitative estimate of drug-likeness (QED) is 0.833. The number of Topliss-reactive ketones (excluding diaryl/α,β-unsaturated/α-hetero) is 1. The minimum Gasteiger partial charge on any atom is -0.374 e. The van der Waals surface area contributed by atoms with E-state index in [1.54, 1.807) is 0 Å². The van der Waals surface area contributed by atoms with Gasteiger partial charge in [-0.1, -0.05) is 0 Å². The Morgan fingerprint density at radius 3 is 2.83 bits per heavy atom. The van der Waals surface area contributed by atoms with E-state index in [0.717, 1.165) is 50.9 Å². The fourth-order valence-electron chi connectivity index (χ4n) is 3.74. The van der Waals surface area contributed by atoms with Crippen molar-refractivity contribution in [2.75, 3.05) is 18.1 Å². The fraction of sp³-hybridized carbons (Fsp3) is 0.929. The maximum Gasteiger partial charge on any atom is 0.139 e. The van der Waals surface area contributed by atoms with Crippen LogP contribution in [0.2, 0.25) is 0 Å². The molecule has 3 rings (SSSR count). The molecule has 3 fully saturated rings. The van der Waals surface area contributed by atoms with Gasteiger partial charge in [0.1, 0.15) is 5.78 Å². The molecule has 0 radical (unpaired) electrons. The van der Waals surface area contributed by atoms with Crippen LogP contribution in [0.25, 0.3) is 0 Å². The van der Waals surface area contributed by atoms with E-state index >= 15 is 0 Å². The van der Waals surface area contributed by atoms with E-state index in [1.807, 2.05) is 11.8 Å². The first-order valence-corrected chi connectivity index (χ1v) is 8.35. The molecule has 0 bridgehead atoms. The average molecular weight is 269 g/mol. The van der Waals surface area contributed by atoms with Gasteiger partial charge in [0.15, 0.2) is 0 Å². The highest BCUT2D eigenvalue weighted by Crippen LogP contribution is 2.42. The smallest absolute Gasteiger partial charge is 0.139 e. The molecule has 4 atom stereocenters. The highest BCUT2D eigenvalue weighted by molar-refractivity contribution is 7.99. The van der Waals surface area contributed by atoms with Crippen LogP contribution in [0.15, 0.2) is 0 Å². The molecule has 0 amide bonds. The minimum absolute atomic E-state index is 0.0317. The normalized spacial score (nSPS) is 44.6. The van der Waals surface area contributed by atoms with Gasteiger partial charge in [0.2, 0.25) is 0 Å². The number of carbonyl (C=O) groups excluding carboxylic acids is 1. The number of ketones is 1. The molecule has 2 aliphatic heterocycles. The average Bonchev–Trinajstić information content (AvgIpc) is 2.98. The van der Waals surface area contributed by atoms with E-state index in [1.165, 1.54) is 5.75 Å². The van der Waals surface area contributed by atoms with Gasteiger partial charge in [-0.25, -0.2) is 0 Å². The lowest BCUT2D eigenvalue weighted by Gasteiger charge is -2.37. The number of hydrogen-bond acceptors (Lipinski definition) is 4. The number of ether oxygens (including phenoxy) is 1. The summed E-state index contributed by atoms with van der Waals surface area (Å²) in [4.78, 5) is 12.6. The van der Waals surface area contributed by atoms with Crippen molar-refractivity contribution in [1.82, 2.24) is 0 Å². The van der Waals surface area contributed by atoms with Gasteiger partial charge in [-0.05, 0) is 44.3 Å². The summed E-state index contributed by atoms with van der Waals surface area (Å²) in [5, 5.41) is 0. The van der Waals surface area contributed by atoms with E-state index in [9.17, 15) is 4.79 Å².